The van der Waals surface area contributed by atoms with Gasteiger partial charge in [-0.05, 0) is 5.53 Å². The van der Waals surface area contributed by atoms with Gasteiger partial charge in [-0.15, -0.1) is 0 Å². The van der Waals surface area contributed by atoms with E-state index in [1.54, 1.807) is 0 Å². The average Bonchev–Trinajstić information content (AvgIpc) is 2.41. The van der Waals surface area contributed by atoms with E-state index in [-0.39, 0.29) is 13.2 Å². The van der Waals surface area contributed by atoms with Gasteiger partial charge in [-0.25, -0.2) is 0 Å². The van der Waals surface area contributed by atoms with Gasteiger partial charge in [-0.3, -0.25) is 0 Å². The van der Waals surface area contributed by atoms with Crippen LogP contribution in [0.3, 0.4) is 0 Å². The molecule has 0 unspecified atom stereocenters. The smallest absolute Gasteiger partial charge is 0.111 e. The van der Waals surface area contributed by atoms with Crippen LogP contribution in [0.2, 0.25) is 0 Å². The normalized spacial score (nSPS) is 38.7. The number of azide groups is 1. The van der Waals surface area contributed by atoms with E-state index < -0.39 is 24.4 Å². The Kier molecular flexibility index (Phi) is 3.47. The van der Waals surface area contributed by atoms with Gasteiger partial charge >= 0.3 is 0 Å². The number of hydrogen-bond donors (Lipinski definition) is 3. The lowest BCUT2D eigenvalue weighted by atomic mass is 10.1. The van der Waals surface area contributed by atoms with Crippen molar-refractivity contribution in [1.29, 1.82) is 0 Å². The molecule has 1 rings (SSSR count). The predicted molar refractivity (Wildman–Crippen MR) is 41.8 cm³/mol. The van der Waals surface area contributed by atoms with E-state index in [1.165, 1.54) is 0 Å². The summed E-state index contributed by atoms with van der Waals surface area (Å²) in [5, 5.41) is 30.5. The molecule has 7 heteroatoms. The van der Waals surface area contributed by atoms with Crippen LogP contribution in [0.15, 0.2) is 5.11 Å². The molecule has 7 nitrogen and oxygen atoms in total. The maximum atomic E-state index is 9.32. The molecule has 0 aliphatic carbocycles. The Labute approximate surface area is 74.2 Å². The highest BCUT2D eigenvalue weighted by Crippen LogP contribution is 2.21. The third kappa shape index (κ3) is 2.09. The summed E-state index contributed by atoms with van der Waals surface area (Å²) in [5.41, 5.74) is 8.01. The van der Waals surface area contributed by atoms with Crippen LogP contribution in [0.1, 0.15) is 0 Å². The van der Waals surface area contributed by atoms with E-state index in [9.17, 15) is 10.2 Å². The van der Waals surface area contributed by atoms with Crippen molar-refractivity contribution in [2.75, 3.05) is 13.2 Å². The second-order valence-corrected chi connectivity index (χ2v) is 2.79. The molecule has 0 aromatic carbocycles. The number of hydrogen-bond acceptors (Lipinski definition) is 5. The zero-order chi connectivity index (χ0) is 9.84. The van der Waals surface area contributed by atoms with Crippen molar-refractivity contribution in [2.45, 2.75) is 24.4 Å². The highest BCUT2D eigenvalue weighted by molar-refractivity contribution is 4.91. The zero-order valence-electron chi connectivity index (χ0n) is 6.82. The molecule has 0 radical (unpaired) electrons. The van der Waals surface area contributed by atoms with Crippen LogP contribution in [0.25, 0.3) is 10.4 Å². The first-order chi connectivity index (χ1) is 6.20. The molecule has 1 aliphatic heterocycles. The molecule has 1 fully saturated rings. The lowest BCUT2D eigenvalue weighted by Gasteiger charge is -2.11. The third-order valence-electron chi connectivity index (χ3n) is 1.97. The SMILES string of the molecule is [N-]=[N+]=NC[C@@H]1O[C@H](CO)[C@@H](O)[C@H]1O. The van der Waals surface area contributed by atoms with Gasteiger partial charge in [0, 0.05) is 4.91 Å². The van der Waals surface area contributed by atoms with E-state index in [0.717, 1.165) is 0 Å². The second kappa shape index (κ2) is 4.40. The first-order valence-corrected chi connectivity index (χ1v) is 3.84. The predicted octanol–water partition coefficient (Wildman–Crippen LogP) is -1.22. The monoisotopic (exact) mass is 189 g/mol. The molecular formula is C6H11N3O4. The zero-order valence-corrected chi connectivity index (χ0v) is 6.82. The van der Waals surface area contributed by atoms with Crippen LogP contribution in [0, 0.1) is 0 Å². The van der Waals surface area contributed by atoms with Crippen molar-refractivity contribution < 1.29 is 20.1 Å². The Hall–Kier alpha value is -0.850. The number of aliphatic hydroxyl groups is 3. The van der Waals surface area contributed by atoms with Crippen molar-refractivity contribution >= 4 is 0 Å². The molecule has 3 N–H and O–H groups in total. The van der Waals surface area contributed by atoms with Crippen LogP contribution in [0.4, 0.5) is 0 Å². The molecule has 1 aliphatic rings. The molecule has 0 amide bonds. The molecule has 4 atom stereocenters. The Balaban J connectivity index is 2.54. The average molecular weight is 189 g/mol. The summed E-state index contributed by atoms with van der Waals surface area (Å²) in [5.74, 6) is 0. The molecule has 0 aromatic rings. The fourth-order valence-corrected chi connectivity index (χ4v) is 1.24. The summed E-state index contributed by atoms with van der Waals surface area (Å²) in [6.45, 7) is -0.420. The molecule has 13 heavy (non-hydrogen) atoms. The summed E-state index contributed by atoms with van der Waals surface area (Å²) < 4.78 is 5.02. The van der Waals surface area contributed by atoms with Gasteiger partial charge in [0.1, 0.15) is 18.3 Å². The van der Waals surface area contributed by atoms with Crippen molar-refractivity contribution in [3.05, 3.63) is 10.4 Å². The van der Waals surface area contributed by atoms with Gasteiger partial charge in [-0.1, -0.05) is 5.11 Å². The first kappa shape index (κ1) is 10.2. The molecule has 1 heterocycles. The minimum atomic E-state index is -1.12. The van der Waals surface area contributed by atoms with Gasteiger partial charge in [0.15, 0.2) is 0 Å². The minimum absolute atomic E-state index is 0.0504. The van der Waals surface area contributed by atoms with Gasteiger partial charge in [-0.2, -0.15) is 0 Å². The quantitative estimate of drug-likeness (QED) is 0.293. The topological polar surface area (TPSA) is 119 Å². The number of ether oxygens (including phenoxy) is 1. The molecule has 0 bridgehead atoms. The number of rotatable bonds is 3. The van der Waals surface area contributed by atoms with Crippen molar-refractivity contribution in [1.82, 2.24) is 0 Å². The largest absolute Gasteiger partial charge is 0.394 e. The summed E-state index contributed by atoms with van der Waals surface area (Å²) in [7, 11) is 0. The maximum Gasteiger partial charge on any atom is 0.111 e. The Morgan fingerprint density at radius 3 is 2.38 bits per heavy atom. The van der Waals surface area contributed by atoms with Gasteiger partial charge in [0.25, 0.3) is 0 Å². The van der Waals surface area contributed by atoms with Crippen LogP contribution in [0.5, 0.6) is 0 Å². The van der Waals surface area contributed by atoms with E-state index in [0.29, 0.717) is 0 Å². The Morgan fingerprint density at radius 2 is 1.92 bits per heavy atom. The molecular weight excluding hydrogens is 178 g/mol. The van der Waals surface area contributed by atoms with E-state index in [1.807, 2.05) is 0 Å². The van der Waals surface area contributed by atoms with Crippen molar-refractivity contribution in [3.63, 3.8) is 0 Å². The molecule has 74 valence electrons. The van der Waals surface area contributed by atoms with Crippen LogP contribution >= 0.6 is 0 Å². The highest BCUT2D eigenvalue weighted by Gasteiger charge is 2.41. The number of aliphatic hydroxyl groups excluding tert-OH is 3. The van der Waals surface area contributed by atoms with Crippen LogP contribution in [-0.4, -0.2) is 52.9 Å². The van der Waals surface area contributed by atoms with E-state index in [2.05, 4.69) is 10.0 Å². The summed E-state index contributed by atoms with van der Waals surface area (Å²) in [4.78, 5) is 2.50. The van der Waals surface area contributed by atoms with Gasteiger partial charge < -0.3 is 20.1 Å². The fraction of sp³-hybridized carbons (Fsp3) is 1.00. The maximum absolute atomic E-state index is 9.32. The third-order valence-corrected chi connectivity index (χ3v) is 1.97. The lowest BCUT2D eigenvalue weighted by molar-refractivity contribution is -0.0192. The summed E-state index contributed by atoms with van der Waals surface area (Å²) >= 11 is 0. The van der Waals surface area contributed by atoms with Crippen molar-refractivity contribution in [2.24, 2.45) is 5.11 Å². The first-order valence-electron chi connectivity index (χ1n) is 3.84. The van der Waals surface area contributed by atoms with Crippen molar-refractivity contribution in [3.8, 4) is 0 Å². The summed E-state index contributed by atoms with van der Waals surface area (Å²) in [6, 6.07) is 0. The minimum Gasteiger partial charge on any atom is -0.394 e. The standard InChI is InChI=1S/C6H11N3O4/c7-9-8-1-3-5(11)6(12)4(2-10)13-3/h3-6,10-12H,1-2H2/t3-,4+,5-,6+/m0/s1. The fourth-order valence-electron chi connectivity index (χ4n) is 1.24. The van der Waals surface area contributed by atoms with E-state index in [4.69, 9.17) is 15.4 Å². The summed E-state index contributed by atoms with van der Waals surface area (Å²) in [6.07, 6.45) is -3.76. The number of nitrogens with zero attached hydrogens (tertiary/aromatic N) is 3. The van der Waals surface area contributed by atoms with Crippen LogP contribution in [-0.2, 0) is 4.74 Å². The molecule has 0 spiro atoms. The second-order valence-electron chi connectivity index (χ2n) is 2.79. The van der Waals surface area contributed by atoms with E-state index >= 15 is 0 Å². The Bertz CT molecular complexity index is 218. The highest BCUT2D eigenvalue weighted by atomic mass is 16.6. The Morgan fingerprint density at radius 1 is 1.31 bits per heavy atom. The van der Waals surface area contributed by atoms with Crippen LogP contribution < -0.4 is 0 Å². The van der Waals surface area contributed by atoms with Gasteiger partial charge in [0.2, 0.25) is 0 Å². The van der Waals surface area contributed by atoms with Gasteiger partial charge in [0.05, 0.1) is 19.3 Å². The lowest BCUT2D eigenvalue weighted by Crippen LogP contribution is -2.34. The molecule has 0 saturated carbocycles. The molecule has 1 saturated heterocycles. The molecule has 0 aromatic heterocycles.